The Hall–Kier alpha value is -2.57. The van der Waals surface area contributed by atoms with Crippen molar-refractivity contribution in [2.45, 2.75) is 12.8 Å². The molecule has 0 aliphatic carbocycles. The minimum absolute atomic E-state index is 0.193. The Labute approximate surface area is 164 Å². The van der Waals surface area contributed by atoms with Crippen molar-refractivity contribution in [3.63, 3.8) is 0 Å². The van der Waals surface area contributed by atoms with Gasteiger partial charge in [-0.2, -0.15) is 0 Å². The van der Waals surface area contributed by atoms with Gasteiger partial charge in [0.1, 0.15) is 0 Å². The van der Waals surface area contributed by atoms with E-state index < -0.39 is 0 Å². The zero-order valence-corrected chi connectivity index (χ0v) is 15.8. The average molecular weight is 406 g/mol. The summed E-state index contributed by atoms with van der Waals surface area (Å²) in [5.41, 5.74) is 2.16. The van der Waals surface area contributed by atoms with Crippen molar-refractivity contribution < 1.29 is 9.59 Å². The molecule has 0 spiro atoms. The molecule has 0 radical (unpaired) electrons. The van der Waals surface area contributed by atoms with Gasteiger partial charge in [-0.25, -0.2) is 0 Å². The maximum Gasteiger partial charge on any atom is 0.225 e. The quantitative estimate of drug-likeness (QED) is 0.429. The average Bonchev–Trinajstić information content (AvgIpc) is 2.63. The smallest absolute Gasteiger partial charge is 0.225 e. The number of aromatic amines is 1. The summed E-state index contributed by atoms with van der Waals surface area (Å²) in [5, 5.41) is 6.31. The molecule has 0 fully saturated rings. The van der Waals surface area contributed by atoms with Crippen LogP contribution in [0.4, 0.5) is 11.4 Å². The van der Waals surface area contributed by atoms with Gasteiger partial charge in [0, 0.05) is 57.8 Å². The topological polar surface area (TPSA) is 91.1 Å². The molecule has 3 rings (SSSR count). The van der Waals surface area contributed by atoms with Crippen LogP contribution >= 0.6 is 23.2 Å². The maximum absolute atomic E-state index is 12.9. The molecule has 2 amide bonds. The van der Waals surface area contributed by atoms with Crippen LogP contribution in [0.3, 0.4) is 0 Å². The van der Waals surface area contributed by atoms with E-state index in [4.69, 9.17) is 23.2 Å². The monoisotopic (exact) mass is 405 g/mol. The van der Waals surface area contributed by atoms with Gasteiger partial charge in [0.2, 0.25) is 11.8 Å². The van der Waals surface area contributed by atoms with E-state index >= 15 is 0 Å². The number of hydrogen-bond donors (Lipinski definition) is 3. The van der Waals surface area contributed by atoms with Gasteiger partial charge in [-0.05, 0) is 36.4 Å². The molecule has 27 heavy (non-hydrogen) atoms. The first-order valence-corrected chi connectivity index (χ1v) is 9.40. The highest BCUT2D eigenvalue weighted by atomic mass is 35.5. The molecule has 1 aromatic heterocycles. The molecule has 0 aliphatic rings. The number of carbonyl (C=O) groups excluding carboxylic acids is 2. The molecule has 0 atom stereocenters. The highest BCUT2D eigenvalue weighted by Gasteiger charge is 2.10. The molecular formula is C19H17Cl2N3O3. The van der Waals surface area contributed by atoms with Crippen LogP contribution < -0.4 is 16.1 Å². The molecule has 0 saturated carbocycles. The number of alkyl halides is 2. The Balaban J connectivity index is 2.02. The number of anilines is 2. The van der Waals surface area contributed by atoms with Crippen LogP contribution in [-0.2, 0) is 9.59 Å². The van der Waals surface area contributed by atoms with Crippen LogP contribution in [-0.4, -0.2) is 28.6 Å². The number of hydrogen-bond acceptors (Lipinski definition) is 3. The maximum atomic E-state index is 12.9. The lowest BCUT2D eigenvalue weighted by atomic mass is 10.1. The normalized spacial score (nSPS) is 10.9. The van der Waals surface area contributed by atoms with Gasteiger partial charge in [0.15, 0.2) is 5.43 Å². The van der Waals surface area contributed by atoms with Crippen molar-refractivity contribution in [1.29, 1.82) is 0 Å². The first-order chi connectivity index (χ1) is 13.0. The molecule has 6 nitrogen and oxygen atoms in total. The first kappa shape index (κ1) is 19.2. The van der Waals surface area contributed by atoms with Crippen molar-refractivity contribution in [3.8, 4) is 0 Å². The van der Waals surface area contributed by atoms with Gasteiger partial charge in [0.05, 0.1) is 0 Å². The molecule has 1 heterocycles. The summed E-state index contributed by atoms with van der Waals surface area (Å²) in [5.74, 6) is 0.0165. The number of H-pyrrole nitrogens is 1. The summed E-state index contributed by atoms with van der Waals surface area (Å²) < 4.78 is 0. The Kier molecular flexibility index (Phi) is 5.98. The van der Waals surface area contributed by atoms with E-state index in [0.29, 0.717) is 33.2 Å². The largest absolute Gasteiger partial charge is 0.354 e. The number of fused-ring (bicyclic) bond motifs is 2. The number of pyridine rings is 1. The Bertz CT molecular complexity index is 998. The van der Waals surface area contributed by atoms with Crippen molar-refractivity contribution in [2.75, 3.05) is 22.4 Å². The lowest BCUT2D eigenvalue weighted by molar-refractivity contribution is -0.116. The van der Waals surface area contributed by atoms with E-state index in [1.54, 1.807) is 36.4 Å². The van der Waals surface area contributed by atoms with E-state index in [9.17, 15) is 14.4 Å². The summed E-state index contributed by atoms with van der Waals surface area (Å²) in [6, 6.07) is 10.2. The molecule has 0 aliphatic heterocycles. The number of halogens is 2. The molecule has 0 saturated heterocycles. The molecule has 0 unspecified atom stereocenters. The van der Waals surface area contributed by atoms with Gasteiger partial charge in [-0.15, -0.1) is 23.2 Å². The van der Waals surface area contributed by atoms with Gasteiger partial charge in [-0.1, -0.05) is 0 Å². The molecule has 0 bridgehead atoms. The third kappa shape index (κ3) is 4.40. The highest BCUT2D eigenvalue weighted by Crippen LogP contribution is 2.21. The van der Waals surface area contributed by atoms with Crippen molar-refractivity contribution in [1.82, 2.24) is 4.98 Å². The second-order valence-electron chi connectivity index (χ2n) is 5.95. The summed E-state index contributed by atoms with van der Waals surface area (Å²) in [6.07, 6.45) is 0.387. The van der Waals surface area contributed by atoms with Gasteiger partial charge in [-0.3, -0.25) is 14.4 Å². The fourth-order valence-corrected chi connectivity index (χ4v) is 3.09. The zero-order valence-electron chi connectivity index (χ0n) is 14.3. The Morgan fingerprint density at radius 2 is 1.26 bits per heavy atom. The summed E-state index contributed by atoms with van der Waals surface area (Å²) in [4.78, 5) is 39.6. The second kappa shape index (κ2) is 8.41. The van der Waals surface area contributed by atoms with Crippen LogP contribution in [0.25, 0.3) is 21.8 Å². The molecular weight excluding hydrogens is 389 g/mol. The zero-order chi connectivity index (χ0) is 19.4. The fraction of sp³-hybridized carbons (Fsp3) is 0.211. The minimum Gasteiger partial charge on any atom is -0.354 e. The highest BCUT2D eigenvalue weighted by molar-refractivity contribution is 6.19. The molecule has 3 aromatic rings. The Morgan fingerprint density at radius 1 is 0.815 bits per heavy atom. The minimum atomic E-state index is -0.217. The molecule has 8 heteroatoms. The third-order valence-corrected chi connectivity index (χ3v) is 4.39. The number of carbonyl (C=O) groups is 2. The van der Waals surface area contributed by atoms with Crippen molar-refractivity contribution in [2.24, 2.45) is 0 Å². The van der Waals surface area contributed by atoms with E-state index in [2.05, 4.69) is 15.6 Å². The van der Waals surface area contributed by atoms with Crippen molar-refractivity contribution >= 4 is 68.2 Å². The van der Waals surface area contributed by atoms with Crippen molar-refractivity contribution in [3.05, 3.63) is 46.6 Å². The summed E-state index contributed by atoms with van der Waals surface area (Å²) in [6.45, 7) is 0. The van der Waals surface area contributed by atoms with E-state index in [-0.39, 0.29) is 41.8 Å². The van der Waals surface area contributed by atoms with Crippen LogP contribution in [0.5, 0.6) is 0 Å². The van der Waals surface area contributed by atoms with E-state index in [1.807, 2.05) is 0 Å². The van der Waals surface area contributed by atoms with Crippen LogP contribution in [0.2, 0.25) is 0 Å². The Morgan fingerprint density at radius 3 is 1.67 bits per heavy atom. The predicted octanol–water partition coefficient (Wildman–Crippen LogP) is 3.82. The molecule has 2 aromatic carbocycles. The fourth-order valence-electron chi connectivity index (χ4n) is 2.75. The number of rotatable bonds is 6. The molecule has 140 valence electrons. The standard InChI is InChI=1S/C19H17Cl2N3O3/c20-7-5-17(25)22-11-1-3-15-13(9-11)19(27)14-10-12(2-4-16(14)24-15)23-18(26)6-8-21/h1-4,9-10H,5-8H2,(H,22,25)(H,23,26)(H,24,27). The van der Waals surface area contributed by atoms with Crippen LogP contribution in [0.15, 0.2) is 41.2 Å². The summed E-state index contributed by atoms with van der Waals surface area (Å²) >= 11 is 11.1. The second-order valence-corrected chi connectivity index (χ2v) is 6.71. The number of nitrogens with one attached hydrogen (secondary N) is 3. The summed E-state index contributed by atoms with van der Waals surface area (Å²) in [7, 11) is 0. The predicted molar refractivity (Wildman–Crippen MR) is 110 cm³/mol. The third-order valence-electron chi connectivity index (χ3n) is 4.01. The SMILES string of the molecule is O=C(CCCl)Nc1ccc2[nH]c3ccc(NC(=O)CCCl)cc3c(=O)c2c1. The van der Waals surface area contributed by atoms with Gasteiger partial charge < -0.3 is 15.6 Å². The number of aromatic nitrogens is 1. The van der Waals surface area contributed by atoms with E-state index in [1.165, 1.54) is 0 Å². The van der Waals surface area contributed by atoms with Crippen LogP contribution in [0.1, 0.15) is 12.8 Å². The first-order valence-electron chi connectivity index (χ1n) is 8.33. The lowest BCUT2D eigenvalue weighted by Crippen LogP contribution is -2.13. The lowest BCUT2D eigenvalue weighted by Gasteiger charge is -2.09. The number of benzene rings is 2. The van der Waals surface area contributed by atoms with Crippen LogP contribution in [0, 0.1) is 0 Å². The van der Waals surface area contributed by atoms with E-state index in [0.717, 1.165) is 0 Å². The van der Waals surface area contributed by atoms with Gasteiger partial charge >= 0.3 is 0 Å². The molecule has 3 N–H and O–H groups in total. The van der Waals surface area contributed by atoms with Gasteiger partial charge in [0.25, 0.3) is 0 Å². The number of amides is 2.